The summed E-state index contributed by atoms with van der Waals surface area (Å²) in [5, 5.41) is 9.46. The smallest absolute Gasteiger partial charge is 0.301 e. The Morgan fingerprint density at radius 2 is 2.20 bits per heavy atom. The molecule has 0 saturated carbocycles. The van der Waals surface area contributed by atoms with Crippen LogP contribution in [0, 0.1) is 6.92 Å². The molecule has 0 atom stereocenters. The second kappa shape index (κ2) is 5.66. The van der Waals surface area contributed by atoms with Crippen LogP contribution in [0.25, 0.3) is 0 Å². The summed E-state index contributed by atoms with van der Waals surface area (Å²) in [6.45, 7) is 2.26. The third-order valence-electron chi connectivity index (χ3n) is 2.97. The van der Waals surface area contributed by atoms with Crippen LogP contribution < -0.4 is 16.2 Å². The van der Waals surface area contributed by atoms with Crippen LogP contribution in [0.15, 0.2) is 34.7 Å². The van der Waals surface area contributed by atoms with Crippen molar-refractivity contribution in [3.8, 4) is 5.75 Å². The highest BCUT2D eigenvalue weighted by Crippen LogP contribution is 2.22. The number of phenolic OH excluding ortho intramolecular Hbond substituents is 1. The highest BCUT2D eigenvalue weighted by Gasteiger charge is 2.15. The predicted molar refractivity (Wildman–Crippen MR) is 75.3 cm³/mol. The average molecular weight is 275 g/mol. The molecule has 2 aromatic rings. The second-order valence-corrected chi connectivity index (χ2v) is 4.57. The maximum atomic E-state index is 11.5. The van der Waals surface area contributed by atoms with Crippen molar-refractivity contribution in [2.75, 3.05) is 11.9 Å². The van der Waals surface area contributed by atoms with Gasteiger partial charge in [0.05, 0.1) is 6.54 Å². The molecule has 0 aliphatic carbocycles. The summed E-state index contributed by atoms with van der Waals surface area (Å²) in [4.78, 5) is 13.4. The lowest BCUT2D eigenvalue weighted by atomic mass is 10.2. The maximum absolute atomic E-state index is 11.5. The van der Waals surface area contributed by atoms with Crippen molar-refractivity contribution < 1.29 is 14.3 Å². The molecule has 4 N–H and O–H groups in total. The summed E-state index contributed by atoms with van der Waals surface area (Å²) >= 11 is 0. The molecular weight excluding hydrogens is 258 g/mol. The number of benzene rings is 1. The molecule has 1 aromatic carbocycles. The zero-order chi connectivity index (χ0) is 14.7. The number of hydrazine groups is 1. The van der Waals surface area contributed by atoms with E-state index in [4.69, 9.17) is 10.3 Å². The minimum atomic E-state index is -0.450. The number of amides is 1. The molecule has 1 amide bonds. The number of carbonyl (C=O) groups excluding carboxylic acids is 1. The Kier molecular flexibility index (Phi) is 3.95. The Morgan fingerprint density at radius 1 is 1.45 bits per heavy atom. The van der Waals surface area contributed by atoms with Gasteiger partial charge in [-0.2, -0.15) is 0 Å². The summed E-state index contributed by atoms with van der Waals surface area (Å²) in [5.74, 6) is 5.71. The van der Waals surface area contributed by atoms with E-state index in [1.165, 1.54) is 0 Å². The fourth-order valence-electron chi connectivity index (χ4n) is 1.97. The summed E-state index contributed by atoms with van der Waals surface area (Å²) in [6.07, 6.45) is 0. The van der Waals surface area contributed by atoms with Gasteiger partial charge in [-0.3, -0.25) is 10.2 Å². The molecule has 6 heteroatoms. The van der Waals surface area contributed by atoms with Crippen molar-refractivity contribution in [3.05, 3.63) is 47.4 Å². The molecule has 1 heterocycles. The molecule has 0 unspecified atom stereocenters. The van der Waals surface area contributed by atoms with Crippen LogP contribution in [-0.4, -0.2) is 18.1 Å². The topological polar surface area (TPSA) is 91.7 Å². The number of phenols is 1. The Balaban J connectivity index is 2.16. The summed E-state index contributed by atoms with van der Waals surface area (Å²) in [7, 11) is 1.87. The van der Waals surface area contributed by atoms with Crippen LogP contribution in [-0.2, 0) is 6.54 Å². The molecule has 0 radical (unpaired) electrons. The fraction of sp³-hybridized carbons (Fsp3) is 0.214. The lowest BCUT2D eigenvalue weighted by Gasteiger charge is -2.17. The number of rotatable bonds is 4. The van der Waals surface area contributed by atoms with Gasteiger partial charge >= 0.3 is 5.91 Å². The Hall–Kier alpha value is -2.47. The highest BCUT2D eigenvalue weighted by molar-refractivity contribution is 5.92. The van der Waals surface area contributed by atoms with Crippen LogP contribution in [0.4, 0.5) is 5.69 Å². The molecule has 0 fully saturated rings. The van der Waals surface area contributed by atoms with Gasteiger partial charge in [0.2, 0.25) is 0 Å². The quantitative estimate of drug-likeness (QED) is 0.447. The minimum Gasteiger partial charge on any atom is -0.508 e. The molecule has 1 aromatic heterocycles. The lowest BCUT2D eigenvalue weighted by molar-refractivity contribution is 0.0923. The van der Waals surface area contributed by atoms with Gasteiger partial charge in [0, 0.05) is 24.4 Å². The molecule has 20 heavy (non-hydrogen) atoms. The van der Waals surface area contributed by atoms with Gasteiger partial charge in [-0.1, -0.05) is 6.07 Å². The van der Waals surface area contributed by atoms with Crippen LogP contribution in [0.3, 0.4) is 0 Å². The summed E-state index contributed by atoms with van der Waals surface area (Å²) < 4.78 is 5.49. The number of anilines is 1. The predicted octanol–water partition coefficient (Wildman–Crippen LogP) is 1.53. The molecule has 2 rings (SSSR count). The molecule has 0 aliphatic heterocycles. The highest BCUT2D eigenvalue weighted by atomic mass is 16.4. The number of furan rings is 1. The van der Waals surface area contributed by atoms with E-state index < -0.39 is 5.91 Å². The maximum Gasteiger partial charge on any atom is 0.301 e. The van der Waals surface area contributed by atoms with Crippen LogP contribution in [0.1, 0.15) is 21.9 Å². The standard InChI is InChI=1S/C14H17N3O3/c1-9-6-12(20-13(9)14(19)16-15)8-17(2)10-4-3-5-11(18)7-10/h3-7,18H,8,15H2,1-2H3,(H,16,19). The van der Waals surface area contributed by atoms with E-state index in [0.717, 1.165) is 11.3 Å². The first-order chi connectivity index (χ1) is 9.51. The van der Waals surface area contributed by atoms with Gasteiger partial charge in [-0.25, -0.2) is 5.84 Å². The number of hydrogen-bond donors (Lipinski definition) is 3. The van der Waals surface area contributed by atoms with Crippen molar-refractivity contribution in [1.82, 2.24) is 5.43 Å². The van der Waals surface area contributed by atoms with E-state index in [9.17, 15) is 9.90 Å². The SMILES string of the molecule is Cc1cc(CN(C)c2cccc(O)c2)oc1C(=O)NN. The van der Waals surface area contributed by atoms with E-state index in [1.807, 2.05) is 23.4 Å². The zero-order valence-electron chi connectivity index (χ0n) is 11.4. The molecule has 0 aliphatic rings. The number of nitrogens with two attached hydrogens (primary N) is 1. The molecule has 0 saturated heterocycles. The number of hydrogen-bond acceptors (Lipinski definition) is 5. The number of nitrogens with zero attached hydrogens (tertiary/aromatic N) is 1. The van der Waals surface area contributed by atoms with E-state index in [-0.39, 0.29) is 11.5 Å². The Morgan fingerprint density at radius 3 is 2.85 bits per heavy atom. The lowest BCUT2D eigenvalue weighted by Crippen LogP contribution is -2.30. The third-order valence-corrected chi connectivity index (χ3v) is 2.97. The van der Waals surface area contributed by atoms with Crippen molar-refractivity contribution in [3.63, 3.8) is 0 Å². The average Bonchev–Trinajstić information content (AvgIpc) is 2.78. The number of nitrogen functional groups attached to an aromatic ring is 1. The van der Waals surface area contributed by atoms with Gasteiger partial charge in [0.25, 0.3) is 0 Å². The first-order valence-corrected chi connectivity index (χ1v) is 6.11. The molecule has 6 nitrogen and oxygen atoms in total. The first-order valence-electron chi connectivity index (χ1n) is 6.11. The Labute approximate surface area is 116 Å². The van der Waals surface area contributed by atoms with E-state index in [2.05, 4.69) is 0 Å². The monoisotopic (exact) mass is 275 g/mol. The number of aromatic hydroxyl groups is 1. The van der Waals surface area contributed by atoms with Gasteiger partial charge < -0.3 is 14.4 Å². The van der Waals surface area contributed by atoms with Gasteiger partial charge in [0.15, 0.2) is 5.76 Å². The van der Waals surface area contributed by atoms with Crippen molar-refractivity contribution in [2.45, 2.75) is 13.5 Å². The van der Waals surface area contributed by atoms with Crippen molar-refractivity contribution in [1.29, 1.82) is 0 Å². The number of carbonyl (C=O) groups is 1. The van der Waals surface area contributed by atoms with Crippen molar-refractivity contribution >= 4 is 11.6 Å². The van der Waals surface area contributed by atoms with Gasteiger partial charge in [-0.05, 0) is 25.1 Å². The van der Waals surface area contributed by atoms with Gasteiger partial charge in [-0.15, -0.1) is 0 Å². The van der Waals surface area contributed by atoms with Gasteiger partial charge in [0.1, 0.15) is 11.5 Å². The van der Waals surface area contributed by atoms with E-state index >= 15 is 0 Å². The number of nitrogens with one attached hydrogen (secondary N) is 1. The molecule has 0 spiro atoms. The first kappa shape index (κ1) is 14.0. The summed E-state index contributed by atoms with van der Waals surface area (Å²) in [6, 6.07) is 8.70. The van der Waals surface area contributed by atoms with Crippen LogP contribution >= 0.6 is 0 Å². The van der Waals surface area contributed by atoms with Crippen LogP contribution in [0.2, 0.25) is 0 Å². The molecule has 106 valence electrons. The Bertz CT molecular complexity index is 622. The zero-order valence-corrected chi connectivity index (χ0v) is 11.4. The third kappa shape index (κ3) is 2.92. The second-order valence-electron chi connectivity index (χ2n) is 4.57. The molecule has 0 bridgehead atoms. The minimum absolute atomic E-state index is 0.202. The number of aryl methyl sites for hydroxylation is 1. The van der Waals surface area contributed by atoms with E-state index in [0.29, 0.717) is 12.3 Å². The molecular formula is C14H17N3O3. The van der Waals surface area contributed by atoms with E-state index in [1.54, 1.807) is 31.2 Å². The summed E-state index contributed by atoms with van der Waals surface area (Å²) in [5.41, 5.74) is 3.63. The fourth-order valence-corrected chi connectivity index (χ4v) is 1.97. The van der Waals surface area contributed by atoms with Crippen LogP contribution in [0.5, 0.6) is 5.75 Å². The van der Waals surface area contributed by atoms with Crippen molar-refractivity contribution in [2.24, 2.45) is 5.84 Å². The normalized spacial score (nSPS) is 10.3. The largest absolute Gasteiger partial charge is 0.508 e.